The molecule has 3 fully saturated rings. The number of carbonyl (C=O) groups is 2. The van der Waals surface area contributed by atoms with Crippen molar-refractivity contribution < 1.29 is 22.8 Å². The van der Waals surface area contributed by atoms with Gasteiger partial charge >= 0.3 is 6.18 Å². The van der Waals surface area contributed by atoms with E-state index in [1.165, 1.54) is 0 Å². The van der Waals surface area contributed by atoms with Gasteiger partial charge in [0.15, 0.2) is 0 Å². The predicted molar refractivity (Wildman–Crippen MR) is 163 cm³/mol. The Balaban J connectivity index is 1.25. The van der Waals surface area contributed by atoms with Gasteiger partial charge in [-0.05, 0) is 115 Å². The summed E-state index contributed by atoms with van der Waals surface area (Å²) in [6.07, 6.45) is 2.01. The molecule has 240 valence electrons. The average molecular weight is 616 g/mol. The number of halogens is 3. The Hall–Kier alpha value is -3.25. The van der Waals surface area contributed by atoms with E-state index in [-0.39, 0.29) is 53.8 Å². The Kier molecular flexibility index (Phi) is 10.1. The topological polar surface area (TPSA) is 93.7 Å². The largest absolute Gasteiger partial charge is 0.419 e. The van der Waals surface area contributed by atoms with Gasteiger partial charge in [-0.1, -0.05) is 6.42 Å². The standard InChI is InChI=1S/C32H44F3N7O2/c1-40-15-11-24(12-16-40)37-29(43)26-6-4-5-22(26)19-28-27(32(33,34)35)20-36-31(39-28)38-23-9-7-21(8-10-23)30(44)42(3)25-13-17-41(2)18-14-25/h7-10,20,22,24-26H,4-6,11-19H2,1-3H3,(H,37,43)(H,36,38,39)/t22-,26-/m0/s1. The average Bonchev–Trinajstić information content (AvgIpc) is 3.46. The smallest absolute Gasteiger partial charge is 0.353 e. The molecule has 2 amide bonds. The van der Waals surface area contributed by atoms with Gasteiger partial charge in [-0.3, -0.25) is 9.59 Å². The van der Waals surface area contributed by atoms with E-state index < -0.39 is 11.7 Å². The Morgan fingerprint density at radius 2 is 1.59 bits per heavy atom. The first kappa shape index (κ1) is 32.2. The van der Waals surface area contributed by atoms with Gasteiger partial charge in [0.05, 0.1) is 11.3 Å². The molecule has 3 aliphatic rings. The molecule has 44 heavy (non-hydrogen) atoms. The van der Waals surface area contributed by atoms with Crippen molar-refractivity contribution in [3.63, 3.8) is 0 Å². The number of nitrogens with zero attached hydrogens (tertiary/aromatic N) is 5. The fourth-order valence-electron chi connectivity index (χ4n) is 6.78. The third kappa shape index (κ3) is 7.87. The summed E-state index contributed by atoms with van der Waals surface area (Å²) in [4.78, 5) is 40.8. The number of likely N-dealkylation sites (tertiary alicyclic amines) is 2. The Morgan fingerprint density at radius 1 is 0.955 bits per heavy atom. The quantitative estimate of drug-likeness (QED) is 0.449. The molecule has 1 aromatic carbocycles. The van der Waals surface area contributed by atoms with Gasteiger partial charge in [0.25, 0.3) is 5.91 Å². The zero-order valence-electron chi connectivity index (χ0n) is 25.9. The summed E-state index contributed by atoms with van der Waals surface area (Å²) < 4.78 is 42.0. The van der Waals surface area contributed by atoms with Crippen LogP contribution in [-0.4, -0.2) is 95.9 Å². The fourth-order valence-corrected chi connectivity index (χ4v) is 6.78. The van der Waals surface area contributed by atoms with Crippen LogP contribution in [-0.2, 0) is 17.4 Å². The lowest BCUT2D eigenvalue weighted by Gasteiger charge is -2.35. The van der Waals surface area contributed by atoms with Crippen molar-refractivity contribution in [1.82, 2.24) is 30.0 Å². The maximum atomic E-state index is 14.0. The van der Waals surface area contributed by atoms with Crippen LogP contribution in [0.2, 0.25) is 0 Å². The second-order valence-electron chi connectivity index (χ2n) is 12.8. The fraction of sp³-hybridized carbons (Fsp3) is 0.625. The maximum absolute atomic E-state index is 14.0. The number of aromatic nitrogens is 2. The van der Waals surface area contributed by atoms with E-state index in [1.807, 2.05) is 7.05 Å². The van der Waals surface area contributed by atoms with Crippen LogP contribution < -0.4 is 10.6 Å². The molecular weight excluding hydrogens is 571 g/mol. The minimum absolute atomic E-state index is 0.0424. The number of hydrogen-bond acceptors (Lipinski definition) is 7. The van der Waals surface area contributed by atoms with Crippen molar-refractivity contribution >= 4 is 23.5 Å². The summed E-state index contributed by atoms with van der Waals surface area (Å²) in [5, 5.41) is 6.16. The van der Waals surface area contributed by atoms with Gasteiger partial charge in [-0.2, -0.15) is 13.2 Å². The van der Waals surface area contributed by atoms with Crippen molar-refractivity contribution in [1.29, 1.82) is 0 Å². The summed E-state index contributed by atoms with van der Waals surface area (Å²) in [7, 11) is 5.96. The molecule has 2 N–H and O–H groups in total. The minimum Gasteiger partial charge on any atom is -0.353 e. The number of anilines is 2. The summed E-state index contributed by atoms with van der Waals surface area (Å²) in [5.41, 5.74) is 0.120. The molecule has 5 rings (SSSR count). The van der Waals surface area contributed by atoms with Crippen LogP contribution in [0.25, 0.3) is 0 Å². The van der Waals surface area contributed by atoms with Gasteiger partial charge in [0.2, 0.25) is 11.9 Å². The number of piperidine rings is 2. The van der Waals surface area contributed by atoms with Crippen molar-refractivity contribution in [3.05, 3.63) is 47.3 Å². The van der Waals surface area contributed by atoms with E-state index in [9.17, 15) is 22.8 Å². The lowest BCUT2D eigenvalue weighted by atomic mass is 9.89. The highest BCUT2D eigenvalue weighted by Gasteiger charge is 2.39. The van der Waals surface area contributed by atoms with Crippen LogP contribution >= 0.6 is 0 Å². The Bertz CT molecular complexity index is 1290. The zero-order valence-corrected chi connectivity index (χ0v) is 25.9. The Labute approximate surface area is 257 Å². The number of rotatable bonds is 8. The first-order valence-corrected chi connectivity index (χ1v) is 15.7. The van der Waals surface area contributed by atoms with Crippen molar-refractivity contribution in [2.24, 2.45) is 11.8 Å². The number of alkyl halides is 3. The van der Waals surface area contributed by atoms with Crippen LogP contribution in [0, 0.1) is 11.8 Å². The normalized spacial score (nSPS) is 22.6. The molecule has 1 aromatic heterocycles. The third-order valence-electron chi connectivity index (χ3n) is 9.63. The number of nitrogens with one attached hydrogen (secondary N) is 2. The molecule has 0 unspecified atom stereocenters. The van der Waals surface area contributed by atoms with E-state index in [2.05, 4.69) is 44.5 Å². The summed E-state index contributed by atoms with van der Waals surface area (Å²) >= 11 is 0. The van der Waals surface area contributed by atoms with E-state index in [0.717, 1.165) is 64.5 Å². The number of benzene rings is 1. The molecule has 2 atom stereocenters. The van der Waals surface area contributed by atoms with E-state index in [0.29, 0.717) is 24.1 Å². The van der Waals surface area contributed by atoms with Crippen molar-refractivity contribution in [3.8, 4) is 0 Å². The molecule has 0 bridgehead atoms. The first-order valence-electron chi connectivity index (χ1n) is 15.7. The molecule has 9 nitrogen and oxygen atoms in total. The molecule has 1 aliphatic carbocycles. The van der Waals surface area contributed by atoms with Crippen LogP contribution in [0.15, 0.2) is 30.5 Å². The first-order chi connectivity index (χ1) is 21.0. The maximum Gasteiger partial charge on any atom is 0.419 e. The summed E-state index contributed by atoms with van der Waals surface area (Å²) in [6.45, 7) is 3.74. The van der Waals surface area contributed by atoms with Crippen LogP contribution in [0.5, 0.6) is 0 Å². The second-order valence-corrected chi connectivity index (χ2v) is 12.8. The van der Waals surface area contributed by atoms with Gasteiger partial charge in [-0.15, -0.1) is 0 Å². The monoisotopic (exact) mass is 615 g/mol. The molecule has 3 heterocycles. The van der Waals surface area contributed by atoms with Crippen LogP contribution in [0.3, 0.4) is 0 Å². The minimum atomic E-state index is -4.61. The number of carbonyl (C=O) groups excluding carboxylic acids is 2. The van der Waals surface area contributed by atoms with E-state index in [1.54, 1.807) is 29.2 Å². The molecule has 12 heteroatoms. The molecule has 1 saturated carbocycles. The number of hydrogen-bond donors (Lipinski definition) is 2. The number of amides is 2. The highest BCUT2D eigenvalue weighted by atomic mass is 19.4. The second kappa shape index (κ2) is 13.8. The summed E-state index contributed by atoms with van der Waals surface area (Å²) in [5.74, 6) is -0.637. The van der Waals surface area contributed by atoms with Crippen LogP contribution in [0.1, 0.15) is 66.6 Å². The Morgan fingerprint density at radius 3 is 2.23 bits per heavy atom. The SMILES string of the molecule is CN1CCC(NC(=O)[C@H]2CCC[C@H]2Cc2nc(Nc3ccc(C(=O)N(C)C4CCN(C)CC4)cc3)ncc2C(F)(F)F)CC1. The van der Waals surface area contributed by atoms with Gasteiger partial charge in [0.1, 0.15) is 0 Å². The van der Waals surface area contributed by atoms with E-state index >= 15 is 0 Å². The molecule has 2 aliphatic heterocycles. The lowest BCUT2D eigenvalue weighted by Crippen LogP contribution is -2.46. The lowest BCUT2D eigenvalue weighted by molar-refractivity contribution is -0.138. The molecule has 0 spiro atoms. The highest BCUT2D eigenvalue weighted by Crippen LogP contribution is 2.38. The van der Waals surface area contributed by atoms with Crippen LogP contribution in [0.4, 0.5) is 24.8 Å². The summed E-state index contributed by atoms with van der Waals surface area (Å²) in [6, 6.07) is 7.11. The predicted octanol–water partition coefficient (Wildman–Crippen LogP) is 4.57. The molecule has 2 aromatic rings. The van der Waals surface area contributed by atoms with Gasteiger partial charge in [0, 0.05) is 42.5 Å². The third-order valence-corrected chi connectivity index (χ3v) is 9.63. The molecular formula is C32H44F3N7O2. The molecule has 0 radical (unpaired) electrons. The van der Waals surface area contributed by atoms with Crippen molar-refractivity contribution in [2.75, 3.05) is 52.6 Å². The highest BCUT2D eigenvalue weighted by molar-refractivity contribution is 5.94. The van der Waals surface area contributed by atoms with E-state index in [4.69, 9.17) is 0 Å². The van der Waals surface area contributed by atoms with Gasteiger partial charge in [-0.25, -0.2) is 9.97 Å². The van der Waals surface area contributed by atoms with Gasteiger partial charge < -0.3 is 25.3 Å². The van der Waals surface area contributed by atoms with Crippen molar-refractivity contribution in [2.45, 2.75) is 69.6 Å². The zero-order chi connectivity index (χ0) is 31.4. The molecule has 2 saturated heterocycles.